The van der Waals surface area contributed by atoms with E-state index in [1.165, 1.54) is 0 Å². The zero-order valence-electron chi connectivity index (χ0n) is 12.1. The summed E-state index contributed by atoms with van der Waals surface area (Å²) >= 11 is 4.38. The summed E-state index contributed by atoms with van der Waals surface area (Å²) in [6, 6.07) is 0. The highest BCUT2D eigenvalue weighted by Gasteiger charge is 2.46. The lowest BCUT2D eigenvalue weighted by Gasteiger charge is -2.44. The quantitative estimate of drug-likeness (QED) is 0.471. The molecule has 0 aromatic heterocycles. The van der Waals surface area contributed by atoms with Gasteiger partial charge >= 0.3 is 0 Å². The molecule has 0 aromatic carbocycles. The van der Waals surface area contributed by atoms with Crippen molar-refractivity contribution in [3.05, 3.63) is 38.0 Å². The fraction of sp³-hybridized carbons (Fsp3) is 0.600. The van der Waals surface area contributed by atoms with Gasteiger partial charge in [0, 0.05) is 0 Å². The monoisotopic (exact) mass is 316 g/mol. The predicted molar refractivity (Wildman–Crippen MR) is 84.5 cm³/mol. The van der Waals surface area contributed by atoms with Crippen LogP contribution in [0, 0.1) is 0 Å². The third kappa shape index (κ3) is 5.25. The molecule has 0 spiro atoms. The Kier molecular flexibility index (Phi) is 8.91. The highest BCUT2D eigenvalue weighted by Crippen LogP contribution is 2.29. The lowest BCUT2D eigenvalue weighted by atomic mass is 9.99. The van der Waals surface area contributed by atoms with Crippen molar-refractivity contribution in [3.63, 3.8) is 0 Å². The summed E-state index contributed by atoms with van der Waals surface area (Å²) in [5, 5.41) is 9.49. The second-order valence-corrected chi connectivity index (χ2v) is 5.02. The molecule has 0 radical (unpaired) electrons. The van der Waals surface area contributed by atoms with Crippen molar-refractivity contribution >= 4 is 12.6 Å². The molecule has 0 bridgehead atoms. The largest absolute Gasteiger partial charge is 0.394 e. The first-order chi connectivity index (χ1) is 10.2. The molecule has 1 heterocycles. The van der Waals surface area contributed by atoms with Gasteiger partial charge in [-0.05, 0) is 0 Å². The summed E-state index contributed by atoms with van der Waals surface area (Å²) in [6.07, 6.45) is 3.03. The minimum absolute atomic E-state index is 0.193. The van der Waals surface area contributed by atoms with E-state index in [0.29, 0.717) is 19.8 Å². The van der Waals surface area contributed by atoms with E-state index in [1.54, 1.807) is 18.2 Å². The van der Waals surface area contributed by atoms with Crippen LogP contribution in [0.15, 0.2) is 38.0 Å². The van der Waals surface area contributed by atoms with Gasteiger partial charge in [0.25, 0.3) is 0 Å². The van der Waals surface area contributed by atoms with Crippen LogP contribution < -0.4 is 0 Å². The van der Waals surface area contributed by atoms with Crippen LogP contribution in [0.2, 0.25) is 0 Å². The number of ether oxygens (including phenoxy) is 4. The molecular weight excluding hydrogens is 292 g/mol. The highest BCUT2D eigenvalue weighted by atomic mass is 32.1. The van der Waals surface area contributed by atoms with Crippen molar-refractivity contribution in [1.29, 1.82) is 0 Å². The highest BCUT2D eigenvalue weighted by molar-refractivity contribution is 7.80. The molecule has 0 saturated carbocycles. The lowest BCUT2D eigenvalue weighted by Crippen LogP contribution is -2.59. The maximum absolute atomic E-state index is 9.49. The molecule has 0 unspecified atom stereocenters. The van der Waals surface area contributed by atoms with Gasteiger partial charge in [-0.25, -0.2) is 0 Å². The molecule has 1 aliphatic heterocycles. The first kappa shape index (κ1) is 18.4. The number of thiol groups is 1. The molecule has 1 rings (SSSR count). The molecule has 0 aromatic rings. The smallest absolute Gasteiger partial charge is 0.129 e. The zero-order chi connectivity index (χ0) is 15.7. The molecule has 0 aliphatic carbocycles. The summed E-state index contributed by atoms with van der Waals surface area (Å²) in [5.41, 5.74) is -0.527. The fourth-order valence-corrected chi connectivity index (χ4v) is 2.56. The van der Waals surface area contributed by atoms with Gasteiger partial charge in [0.1, 0.15) is 29.9 Å². The van der Waals surface area contributed by atoms with Crippen LogP contribution in [0.3, 0.4) is 0 Å². The number of aliphatic hydroxyl groups is 1. The van der Waals surface area contributed by atoms with E-state index in [0.717, 1.165) is 0 Å². The molecule has 1 aliphatic rings. The predicted octanol–water partition coefficient (Wildman–Crippen LogP) is 1.35. The van der Waals surface area contributed by atoms with Gasteiger partial charge in [0.2, 0.25) is 0 Å². The molecule has 21 heavy (non-hydrogen) atoms. The average Bonchev–Trinajstić information content (AvgIpc) is 2.50. The van der Waals surface area contributed by atoms with E-state index in [-0.39, 0.29) is 6.61 Å². The van der Waals surface area contributed by atoms with E-state index in [9.17, 15) is 5.11 Å². The van der Waals surface area contributed by atoms with Crippen LogP contribution >= 0.6 is 12.6 Å². The van der Waals surface area contributed by atoms with Crippen LogP contribution in [-0.4, -0.2) is 61.4 Å². The van der Waals surface area contributed by atoms with Crippen molar-refractivity contribution < 1.29 is 24.1 Å². The van der Waals surface area contributed by atoms with Crippen molar-refractivity contribution in [1.82, 2.24) is 0 Å². The van der Waals surface area contributed by atoms with E-state index in [1.807, 2.05) is 0 Å². The van der Waals surface area contributed by atoms with E-state index >= 15 is 0 Å². The van der Waals surface area contributed by atoms with Crippen molar-refractivity contribution in [2.24, 2.45) is 0 Å². The van der Waals surface area contributed by atoms with Crippen LogP contribution in [0.4, 0.5) is 0 Å². The summed E-state index contributed by atoms with van der Waals surface area (Å²) in [7, 11) is 0. The van der Waals surface area contributed by atoms with Gasteiger partial charge < -0.3 is 24.1 Å². The minimum atomic E-state index is -0.536. The van der Waals surface area contributed by atoms with Crippen LogP contribution in [0.1, 0.15) is 0 Å². The van der Waals surface area contributed by atoms with Gasteiger partial charge in [-0.15, -0.1) is 32.4 Å². The Morgan fingerprint density at radius 1 is 0.905 bits per heavy atom. The first-order valence-corrected chi connectivity index (χ1v) is 7.33. The molecule has 0 amide bonds. The molecule has 5 nitrogen and oxygen atoms in total. The molecule has 6 heteroatoms. The third-order valence-corrected chi connectivity index (χ3v) is 3.42. The lowest BCUT2D eigenvalue weighted by molar-refractivity contribution is -0.237. The molecule has 1 fully saturated rings. The van der Waals surface area contributed by atoms with E-state index in [4.69, 9.17) is 18.9 Å². The molecule has 5 atom stereocenters. The summed E-state index contributed by atoms with van der Waals surface area (Å²) in [4.78, 5) is 0. The molecular formula is C15H24O5S. The Bertz CT molecular complexity index is 336. The zero-order valence-corrected chi connectivity index (χ0v) is 13.0. The molecule has 1 saturated heterocycles. The van der Waals surface area contributed by atoms with Gasteiger partial charge in [-0.2, -0.15) is 0 Å². The maximum Gasteiger partial charge on any atom is 0.129 e. The topological polar surface area (TPSA) is 57.2 Å². The van der Waals surface area contributed by atoms with Gasteiger partial charge in [-0.3, -0.25) is 0 Å². The first-order valence-electron chi connectivity index (χ1n) is 6.81. The van der Waals surface area contributed by atoms with Crippen LogP contribution in [0.5, 0.6) is 0 Å². The number of rotatable bonds is 10. The Morgan fingerprint density at radius 3 is 1.86 bits per heavy atom. The van der Waals surface area contributed by atoms with Crippen molar-refractivity contribution in [2.75, 3.05) is 26.4 Å². The van der Waals surface area contributed by atoms with Crippen LogP contribution in [-0.2, 0) is 18.9 Å². The Balaban J connectivity index is 2.90. The fourth-order valence-electron chi connectivity index (χ4n) is 2.15. The van der Waals surface area contributed by atoms with E-state index < -0.39 is 29.9 Å². The van der Waals surface area contributed by atoms with Gasteiger partial charge in [-0.1, -0.05) is 18.2 Å². The second-order valence-electron chi connectivity index (χ2n) is 4.51. The second kappa shape index (κ2) is 10.2. The SMILES string of the molecule is C=CCO[C@@H]1[C@@H](OCC=C)[C@@H](S)O[C@H](CO)[C@H]1OCC=C. The summed E-state index contributed by atoms with van der Waals surface area (Å²) in [6.45, 7) is 11.7. The maximum atomic E-state index is 9.49. The van der Waals surface area contributed by atoms with Gasteiger partial charge in [0.15, 0.2) is 0 Å². The minimum Gasteiger partial charge on any atom is -0.394 e. The number of hydrogen-bond acceptors (Lipinski definition) is 6. The van der Waals surface area contributed by atoms with Crippen LogP contribution in [0.25, 0.3) is 0 Å². The molecule has 1 N–H and O–H groups in total. The van der Waals surface area contributed by atoms with Gasteiger partial charge in [0.05, 0.1) is 26.4 Å². The summed E-state index contributed by atoms with van der Waals surface area (Å²) in [5.74, 6) is 0. The molecule has 120 valence electrons. The summed E-state index contributed by atoms with van der Waals surface area (Å²) < 4.78 is 22.8. The average molecular weight is 316 g/mol. The number of hydrogen-bond donors (Lipinski definition) is 2. The normalized spacial score (nSPS) is 32.6. The third-order valence-electron chi connectivity index (χ3n) is 3.01. The standard InChI is InChI=1S/C15H24O5S/c1-4-7-17-12-11(10-16)20-15(21)14(19-9-6-3)13(12)18-8-5-2/h4-6,11-16,21H,1-3,7-10H2/t11-,12-,13+,14-,15-/m1/s1. The Morgan fingerprint density at radius 2 is 1.38 bits per heavy atom. The van der Waals surface area contributed by atoms with E-state index in [2.05, 4.69) is 32.4 Å². The Labute approximate surface area is 131 Å². The Hall–Kier alpha value is -0.630. The van der Waals surface area contributed by atoms with Crippen molar-refractivity contribution in [2.45, 2.75) is 29.9 Å². The number of aliphatic hydroxyl groups excluding tert-OH is 1. The van der Waals surface area contributed by atoms with Crippen molar-refractivity contribution in [3.8, 4) is 0 Å².